The molecular formula is C11H15NO6S2. The summed E-state index contributed by atoms with van der Waals surface area (Å²) in [6.45, 7) is 4.55. The summed E-state index contributed by atoms with van der Waals surface area (Å²) in [6.07, 6.45) is 0. The Balaban J connectivity index is 3.09. The number of aromatic carboxylic acids is 1. The summed E-state index contributed by atoms with van der Waals surface area (Å²) in [6, 6.07) is -1.10. The molecule has 9 heteroatoms. The number of carboxylic acid groups (broad SMARTS) is 1. The quantitative estimate of drug-likeness (QED) is 0.756. The number of carbonyl (C=O) groups excluding carboxylic acids is 1. The number of aryl methyl sites for hydroxylation is 1. The van der Waals surface area contributed by atoms with E-state index in [-0.39, 0.29) is 16.4 Å². The second-order valence-corrected chi connectivity index (χ2v) is 6.51. The van der Waals surface area contributed by atoms with Crippen LogP contribution in [0.4, 0.5) is 0 Å². The van der Waals surface area contributed by atoms with Gasteiger partial charge in [-0.05, 0) is 31.7 Å². The van der Waals surface area contributed by atoms with Crippen LogP contribution in [0.15, 0.2) is 10.3 Å². The summed E-state index contributed by atoms with van der Waals surface area (Å²) in [4.78, 5) is 21.9. The fraction of sp³-hybridized carbons (Fsp3) is 0.455. The van der Waals surface area contributed by atoms with Gasteiger partial charge in [0.05, 0.1) is 6.61 Å². The van der Waals surface area contributed by atoms with Crippen molar-refractivity contribution in [2.45, 2.75) is 31.7 Å². The lowest BCUT2D eigenvalue weighted by molar-refractivity contribution is -0.144. The minimum atomic E-state index is -4.11. The summed E-state index contributed by atoms with van der Waals surface area (Å²) in [5.74, 6) is -2.05. The minimum Gasteiger partial charge on any atom is -0.477 e. The highest BCUT2D eigenvalue weighted by Gasteiger charge is 2.30. The van der Waals surface area contributed by atoms with E-state index in [0.717, 1.165) is 11.3 Å². The van der Waals surface area contributed by atoms with Gasteiger partial charge in [-0.15, -0.1) is 11.3 Å². The molecule has 1 heterocycles. The van der Waals surface area contributed by atoms with Gasteiger partial charge in [0, 0.05) is 0 Å². The van der Waals surface area contributed by atoms with Gasteiger partial charge in [-0.1, -0.05) is 0 Å². The number of hydrogen-bond acceptors (Lipinski definition) is 6. The van der Waals surface area contributed by atoms with Crippen molar-refractivity contribution in [3.05, 3.63) is 15.8 Å². The van der Waals surface area contributed by atoms with Crippen LogP contribution < -0.4 is 4.72 Å². The molecule has 0 saturated heterocycles. The van der Waals surface area contributed by atoms with E-state index < -0.39 is 28.0 Å². The third kappa shape index (κ3) is 3.56. The maximum absolute atomic E-state index is 12.2. The summed E-state index contributed by atoms with van der Waals surface area (Å²) >= 11 is 0.822. The third-order valence-electron chi connectivity index (χ3n) is 2.35. The Labute approximate surface area is 120 Å². The number of carboxylic acids is 1. The molecule has 20 heavy (non-hydrogen) atoms. The first-order valence-electron chi connectivity index (χ1n) is 5.71. The zero-order valence-electron chi connectivity index (χ0n) is 11.2. The number of ether oxygens (including phenoxy) is 1. The van der Waals surface area contributed by atoms with Gasteiger partial charge in [-0.2, -0.15) is 4.72 Å². The smallest absolute Gasteiger partial charge is 0.347 e. The molecule has 0 bridgehead atoms. The largest absolute Gasteiger partial charge is 0.477 e. The first-order chi connectivity index (χ1) is 9.20. The Morgan fingerprint density at radius 1 is 1.50 bits per heavy atom. The number of sulfonamides is 1. The summed E-state index contributed by atoms with van der Waals surface area (Å²) in [5, 5.41) is 10.4. The van der Waals surface area contributed by atoms with E-state index in [1.807, 2.05) is 0 Å². The molecule has 0 aliphatic rings. The first-order valence-corrected chi connectivity index (χ1v) is 8.07. The molecule has 1 atom stereocenters. The Morgan fingerprint density at radius 2 is 2.10 bits per heavy atom. The molecule has 7 nitrogen and oxygen atoms in total. The Kier molecular flexibility index (Phi) is 5.26. The Morgan fingerprint density at radius 3 is 2.60 bits per heavy atom. The number of esters is 1. The van der Waals surface area contributed by atoms with Crippen molar-refractivity contribution in [3.8, 4) is 0 Å². The average Bonchev–Trinajstić information content (AvgIpc) is 2.71. The first kappa shape index (κ1) is 16.6. The van der Waals surface area contributed by atoms with Crippen molar-refractivity contribution >= 4 is 33.3 Å². The van der Waals surface area contributed by atoms with E-state index in [4.69, 9.17) is 9.84 Å². The maximum Gasteiger partial charge on any atom is 0.347 e. The average molecular weight is 321 g/mol. The zero-order chi connectivity index (χ0) is 15.5. The van der Waals surface area contributed by atoms with Gasteiger partial charge < -0.3 is 9.84 Å². The lowest BCUT2D eigenvalue weighted by Gasteiger charge is -2.13. The van der Waals surface area contributed by atoms with Crippen LogP contribution in [-0.4, -0.2) is 38.1 Å². The molecule has 0 saturated carbocycles. The molecule has 112 valence electrons. The van der Waals surface area contributed by atoms with Crippen molar-refractivity contribution in [2.24, 2.45) is 0 Å². The second kappa shape index (κ2) is 6.33. The highest BCUT2D eigenvalue weighted by molar-refractivity contribution is 7.89. The lowest BCUT2D eigenvalue weighted by atomic mass is 10.3. The molecule has 0 aromatic carbocycles. The highest BCUT2D eigenvalue weighted by atomic mass is 32.2. The highest BCUT2D eigenvalue weighted by Crippen LogP contribution is 2.26. The topological polar surface area (TPSA) is 110 Å². The van der Waals surface area contributed by atoms with E-state index in [1.165, 1.54) is 19.2 Å². The number of hydrogen-bond donors (Lipinski definition) is 2. The zero-order valence-corrected chi connectivity index (χ0v) is 12.8. The molecular weight excluding hydrogens is 306 g/mol. The van der Waals surface area contributed by atoms with E-state index in [1.54, 1.807) is 6.92 Å². The number of nitrogens with one attached hydrogen (secondary N) is 1. The molecule has 1 aromatic rings. The van der Waals surface area contributed by atoms with Crippen LogP contribution in [0.25, 0.3) is 0 Å². The molecule has 1 aromatic heterocycles. The molecule has 2 N–H and O–H groups in total. The van der Waals surface area contributed by atoms with Crippen molar-refractivity contribution in [1.29, 1.82) is 0 Å². The minimum absolute atomic E-state index is 0.128. The second-order valence-electron chi connectivity index (χ2n) is 3.98. The molecule has 0 aliphatic heterocycles. The summed E-state index contributed by atoms with van der Waals surface area (Å²) in [7, 11) is -4.11. The molecule has 1 rings (SSSR count). The number of carbonyl (C=O) groups is 2. The van der Waals surface area contributed by atoms with Gasteiger partial charge in [0.2, 0.25) is 10.0 Å². The van der Waals surface area contributed by atoms with E-state index in [2.05, 4.69) is 4.72 Å². The monoisotopic (exact) mass is 321 g/mol. The Bertz CT molecular complexity index is 619. The Hall–Kier alpha value is -1.45. The van der Waals surface area contributed by atoms with Crippen molar-refractivity contribution in [3.63, 3.8) is 0 Å². The fourth-order valence-electron chi connectivity index (χ4n) is 1.52. The van der Waals surface area contributed by atoms with Crippen LogP contribution in [0.2, 0.25) is 0 Å². The molecule has 0 amide bonds. The standard InChI is InChI=1S/C11H15NO6S2/c1-4-18-11(15)7(3)12-20(16,17)9-6(2)5-19-8(9)10(13)14/h5,7,12H,4H2,1-3H3,(H,13,14). The van der Waals surface area contributed by atoms with Crippen LogP contribution in [0.1, 0.15) is 29.1 Å². The number of rotatable bonds is 6. The summed E-state index contributed by atoms with van der Waals surface area (Å²) in [5.41, 5.74) is 0.316. The lowest BCUT2D eigenvalue weighted by Crippen LogP contribution is -2.40. The van der Waals surface area contributed by atoms with Gasteiger partial charge in [-0.3, -0.25) is 4.79 Å². The predicted octanol–water partition coefficient (Wildman–Crippen LogP) is 0.985. The van der Waals surface area contributed by atoms with E-state index in [9.17, 15) is 18.0 Å². The molecule has 0 aliphatic carbocycles. The van der Waals surface area contributed by atoms with Crippen molar-refractivity contribution in [1.82, 2.24) is 4.72 Å². The molecule has 0 radical (unpaired) electrons. The molecule has 1 unspecified atom stereocenters. The fourth-order valence-corrected chi connectivity index (χ4v) is 4.35. The van der Waals surface area contributed by atoms with Gasteiger partial charge in [-0.25, -0.2) is 13.2 Å². The van der Waals surface area contributed by atoms with Crippen molar-refractivity contribution in [2.75, 3.05) is 6.61 Å². The van der Waals surface area contributed by atoms with Crippen LogP contribution in [0.5, 0.6) is 0 Å². The molecule has 0 fully saturated rings. The van der Waals surface area contributed by atoms with Gasteiger partial charge in [0.1, 0.15) is 15.8 Å². The van der Waals surface area contributed by atoms with E-state index in [0.29, 0.717) is 5.56 Å². The van der Waals surface area contributed by atoms with Gasteiger partial charge >= 0.3 is 11.9 Å². The van der Waals surface area contributed by atoms with Gasteiger partial charge in [0.25, 0.3) is 0 Å². The normalized spacial score (nSPS) is 12.9. The third-order valence-corrected chi connectivity index (χ3v) is 5.30. The van der Waals surface area contributed by atoms with Crippen LogP contribution in [0.3, 0.4) is 0 Å². The summed E-state index contributed by atoms with van der Waals surface area (Å²) < 4.78 is 31.2. The van der Waals surface area contributed by atoms with Crippen LogP contribution in [0, 0.1) is 6.92 Å². The van der Waals surface area contributed by atoms with E-state index >= 15 is 0 Å². The van der Waals surface area contributed by atoms with Crippen LogP contribution in [-0.2, 0) is 19.6 Å². The SMILES string of the molecule is CCOC(=O)C(C)NS(=O)(=O)c1c(C)csc1C(=O)O. The van der Waals surface area contributed by atoms with Gasteiger partial charge in [0.15, 0.2) is 0 Å². The van der Waals surface area contributed by atoms with Crippen LogP contribution >= 0.6 is 11.3 Å². The maximum atomic E-state index is 12.2. The number of thiophene rings is 1. The predicted molar refractivity (Wildman–Crippen MR) is 72.4 cm³/mol. The molecule has 0 spiro atoms. The van der Waals surface area contributed by atoms with Crippen molar-refractivity contribution < 1.29 is 27.9 Å².